The van der Waals surface area contributed by atoms with Crippen molar-refractivity contribution in [3.8, 4) is 22.7 Å². The largest absolute Gasteiger partial charge is 0.308 e. The molecule has 4 aromatic heterocycles. The van der Waals surface area contributed by atoms with Gasteiger partial charge in [-0.25, -0.2) is 0 Å². The van der Waals surface area contributed by atoms with Gasteiger partial charge in [0.25, 0.3) is 6.71 Å². The topological polar surface area (TPSA) is 19.7 Å². The summed E-state index contributed by atoms with van der Waals surface area (Å²) in [6, 6.07) is 89.7. The molecule has 13 aromatic carbocycles. The van der Waals surface area contributed by atoms with Crippen LogP contribution in [0.4, 0.5) is 0 Å². The second-order valence-electron chi connectivity index (χ2n) is 21.1. The van der Waals surface area contributed by atoms with Crippen molar-refractivity contribution in [2.24, 2.45) is 0 Å². The molecule has 0 radical (unpaired) electrons. The number of para-hydroxylation sites is 4. The number of nitrogens with zero attached hydrogens (tertiary/aromatic N) is 4. The Morgan fingerprint density at radius 3 is 0.947 bits per heavy atom. The molecule has 0 spiro atoms. The van der Waals surface area contributed by atoms with Crippen LogP contribution >= 0.6 is 0 Å². The van der Waals surface area contributed by atoms with Gasteiger partial charge in [-0.2, -0.15) is 0 Å². The average Bonchev–Trinajstić information content (AvgIpc) is 4.25. The summed E-state index contributed by atoms with van der Waals surface area (Å²) >= 11 is 0. The Bertz CT molecular complexity index is 5060. The Kier molecular flexibility index (Phi) is 7.04. The van der Waals surface area contributed by atoms with E-state index in [0.29, 0.717) is 0 Å². The minimum atomic E-state index is -0.153. The molecule has 0 fully saturated rings. The smallest absolute Gasteiger partial charge is 0.252 e. The molecule has 75 heavy (non-hydrogen) atoms. The molecule has 4 nitrogen and oxygen atoms in total. The second-order valence-corrected chi connectivity index (χ2v) is 21.1. The lowest BCUT2D eigenvalue weighted by molar-refractivity contribution is 1.05. The van der Waals surface area contributed by atoms with Crippen molar-refractivity contribution in [2.45, 2.75) is 0 Å². The van der Waals surface area contributed by atoms with E-state index >= 15 is 0 Å². The number of hydrogen-bond acceptors (Lipinski definition) is 0. The van der Waals surface area contributed by atoms with E-state index in [4.69, 9.17) is 0 Å². The van der Waals surface area contributed by atoms with Gasteiger partial charge in [-0.05, 0) is 102 Å². The van der Waals surface area contributed by atoms with Crippen LogP contribution in [0.1, 0.15) is 0 Å². The lowest BCUT2D eigenvalue weighted by atomic mass is 9.34. The van der Waals surface area contributed by atoms with Gasteiger partial charge in [0, 0.05) is 43.1 Å². The minimum absolute atomic E-state index is 0.153. The van der Waals surface area contributed by atoms with E-state index in [1.165, 1.54) is 158 Å². The number of benzene rings is 13. The van der Waals surface area contributed by atoms with E-state index in [1.807, 2.05) is 0 Å². The molecule has 0 atom stereocenters. The van der Waals surface area contributed by atoms with Crippen LogP contribution in [0.2, 0.25) is 0 Å². The first-order valence-corrected chi connectivity index (χ1v) is 26.2. The number of hydrogen-bond donors (Lipinski definition) is 0. The van der Waals surface area contributed by atoms with Crippen LogP contribution in [0.3, 0.4) is 0 Å². The van der Waals surface area contributed by atoms with Crippen LogP contribution < -0.4 is 16.4 Å². The van der Waals surface area contributed by atoms with Gasteiger partial charge in [0.05, 0.1) is 66.9 Å². The number of aromatic nitrogens is 4. The first-order chi connectivity index (χ1) is 37.3. The molecule has 17 aromatic rings. The van der Waals surface area contributed by atoms with Crippen molar-refractivity contribution in [3.63, 3.8) is 0 Å². The van der Waals surface area contributed by atoms with Crippen molar-refractivity contribution in [3.05, 3.63) is 237 Å². The van der Waals surface area contributed by atoms with Crippen LogP contribution in [-0.4, -0.2) is 25.0 Å². The molecular weight excluding hydrogens is 908 g/mol. The lowest BCUT2D eigenvalue weighted by Crippen LogP contribution is -2.60. The summed E-state index contributed by atoms with van der Waals surface area (Å²) in [6.45, 7) is -0.153. The molecule has 0 aliphatic carbocycles. The predicted octanol–water partition coefficient (Wildman–Crippen LogP) is 15.8. The molecule has 2 aliphatic heterocycles. The van der Waals surface area contributed by atoms with Gasteiger partial charge in [0.15, 0.2) is 0 Å². The van der Waals surface area contributed by atoms with Crippen molar-refractivity contribution < 1.29 is 0 Å². The summed E-state index contributed by atoms with van der Waals surface area (Å²) in [5, 5.41) is 20.3. The molecular formula is C70H39BN4. The molecule has 0 saturated carbocycles. The van der Waals surface area contributed by atoms with E-state index in [1.54, 1.807) is 0 Å². The Labute approximate surface area is 428 Å². The molecule has 0 amide bonds. The molecule has 342 valence electrons. The van der Waals surface area contributed by atoms with Crippen LogP contribution in [0.5, 0.6) is 0 Å². The predicted molar refractivity (Wildman–Crippen MR) is 318 cm³/mol. The zero-order chi connectivity index (χ0) is 48.4. The van der Waals surface area contributed by atoms with Gasteiger partial charge < -0.3 is 18.3 Å². The Hall–Kier alpha value is -9.84. The highest BCUT2D eigenvalue weighted by Crippen LogP contribution is 2.50. The van der Waals surface area contributed by atoms with E-state index in [-0.39, 0.29) is 6.71 Å². The van der Waals surface area contributed by atoms with Crippen molar-refractivity contribution in [1.29, 1.82) is 0 Å². The van der Waals surface area contributed by atoms with Gasteiger partial charge in [-0.3, -0.25) is 0 Å². The van der Waals surface area contributed by atoms with Crippen LogP contribution in [0, 0.1) is 0 Å². The number of fused-ring (bicyclic) bond motifs is 24. The quantitative estimate of drug-likeness (QED) is 0.154. The maximum atomic E-state index is 2.72. The van der Waals surface area contributed by atoms with Crippen molar-refractivity contribution in [1.82, 2.24) is 18.3 Å². The van der Waals surface area contributed by atoms with Gasteiger partial charge >= 0.3 is 0 Å². The normalized spacial score (nSPS) is 13.0. The summed E-state index contributed by atoms with van der Waals surface area (Å²) < 4.78 is 10.6. The highest BCUT2D eigenvalue weighted by molar-refractivity contribution is 7.01. The molecule has 6 heterocycles. The zero-order valence-corrected chi connectivity index (χ0v) is 40.4. The van der Waals surface area contributed by atoms with Gasteiger partial charge in [-0.1, -0.05) is 194 Å². The lowest BCUT2D eigenvalue weighted by Gasteiger charge is -2.37. The molecule has 0 unspecified atom stereocenters. The standard InChI is InChI=1S/C70H39BN4/c1-5-21-44-40(17-1)33-35-58-62(44)64-46-23-7-3-19-42(46)37-52-67(64)74(58)69-60(72-54-29-13-9-25-48(54)49-26-10-14-30-55(49)72)39-61(73-56-31-15-11-27-50(56)51-28-12-16-32-57(51)73)70-66(69)71(52)53-38-43-20-4-8-24-47(43)65-63-45-22-6-2-18-41(45)34-36-59(63)75(70)68(53)65/h1-39H. The maximum absolute atomic E-state index is 2.72. The molecule has 2 aliphatic rings. The zero-order valence-electron chi connectivity index (χ0n) is 40.4. The Morgan fingerprint density at radius 1 is 0.240 bits per heavy atom. The van der Waals surface area contributed by atoms with Gasteiger partial charge in [-0.15, -0.1) is 0 Å². The monoisotopic (exact) mass is 946 g/mol. The summed E-state index contributed by atoms with van der Waals surface area (Å²) in [5.74, 6) is 0. The molecule has 5 heteroatoms. The third-order valence-corrected chi connectivity index (χ3v) is 17.6. The summed E-state index contributed by atoms with van der Waals surface area (Å²) in [4.78, 5) is 0. The molecule has 0 saturated heterocycles. The van der Waals surface area contributed by atoms with Crippen LogP contribution in [0.15, 0.2) is 237 Å². The SMILES string of the molecule is c1ccc2c(c1)ccc1c2c2c3ccccc3cc3c2n1-c1c(-n2c4ccccc4c4ccccc42)cc(-n2c4ccccc4c4ccccc42)c2c1B3c1cc3ccccc3c3c4c5ccccc5ccc4n-2c13. The Balaban J connectivity index is 1.16. The second kappa shape index (κ2) is 13.6. The van der Waals surface area contributed by atoms with Gasteiger partial charge in [0.1, 0.15) is 0 Å². The molecule has 0 bridgehead atoms. The van der Waals surface area contributed by atoms with E-state index in [2.05, 4.69) is 255 Å². The summed E-state index contributed by atoms with van der Waals surface area (Å²) in [7, 11) is 0. The average molecular weight is 947 g/mol. The number of rotatable bonds is 2. The Morgan fingerprint density at radius 2 is 0.560 bits per heavy atom. The fourth-order valence-corrected chi connectivity index (χ4v) is 14.8. The summed E-state index contributed by atoms with van der Waals surface area (Å²) in [5.41, 5.74) is 18.5. The summed E-state index contributed by atoms with van der Waals surface area (Å²) in [6.07, 6.45) is 0. The van der Waals surface area contributed by atoms with Crippen LogP contribution in [-0.2, 0) is 0 Å². The van der Waals surface area contributed by atoms with Gasteiger partial charge in [0.2, 0.25) is 0 Å². The first kappa shape index (κ1) is 38.8. The fourth-order valence-electron chi connectivity index (χ4n) is 14.8. The van der Waals surface area contributed by atoms with E-state index < -0.39 is 0 Å². The van der Waals surface area contributed by atoms with Crippen molar-refractivity contribution >= 4 is 153 Å². The van der Waals surface area contributed by atoms with Crippen LogP contribution in [0.25, 0.3) is 153 Å². The molecule has 19 rings (SSSR count). The fraction of sp³-hybridized carbons (Fsp3) is 0. The highest BCUT2D eigenvalue weighted by atomic mass is 15.1. The minimum Gasteiger partial charge on any atom is -0.308 e. The molecule has 0 N–H and O–H groups in total. The van der Waals surface area contributed by atoms with E-state index in [0.717, 1.165) is 11.4 Å². The third-order valence-electron chi connectivity index (χ3n) is 17.6. The maximum Gasteiger partial charge on any atom is 0.252 e. The first-order valence-electron chi connectivity index (χ1n) is 26.2. The third kappa shape index (κ3) is 4.60. The highest BCUT2D eigenvalue weighted by Gasteiger charge is 2.45. The van der Waals surface area contributed by atoms with Crippen molar-refractivity contribution in [2.75, 3.05) is 0 Å². The van der Waals surface area contributed by atoms with E-state index in [9.17, 15) is 0 Å².